The molecular weight excluding hydrogens is 446 g/mol. The van der Waals surface area contributed by atoms with Gasteiger partial charge in [0, 0.05) is 15.6 Å². The lowest BCUT2D eigenvalue weighted by atomic mass is 9.97. The van der Waals surface area contributed by atoms with Crippen molar-refractivity contribution in [2.75, 3.05) is 5.32 Å². The number of carbonyl (C=O) groups excluding carboxylic acids is 1. The quantitative estimate of drug-likeness (QED) is 0.486. The van der Waals surface area contributed by atoms with Crippen molar-refractivity contribution in [3.63, 3.8) is 0 Å². The predicted molar refractivity (Wildman–Crippen MR) is 128 cm³/mol. The molecule has 1 aliphatic carbocycles. The molecule has 0 radical (unpaired) electrons. The number of anilines is 1. The van der Waals surface area contributed by atoms with Crippen LogP contribution in [0.15, 0.2) is 64.2 Å². The SMILES string of the molecule is O=C(Cn1c(=O)n(-c2cccc(Cl)c2)c(=O)c2c3c(sc21)CCCC3)Nc1ccccc1. The van der Waals surface area contributed by atoms with Crippen molar-refractivity contribution in [1.29, 1.82) is 0 Å². The fraction of sp³-hybridized carbons (Fsp3) is 0.208. The lowest BCUT2D eigenvalue weighted by Crippen LogP contribution is -2.40. The molecule has 0 aliphatic heterocycles. The molecule has 0 fully saturated rings. The molecule has 1 aliphatic rings. The van der Waals surface area contributed by atoms with Gasteiger partial charge in [0.1, 0.15) is 11.4 Å². The van der Waals surface area contributed by atoms with E-state index in [1.54, 1.807) is 36.4 Å². The number of carbonyl (C=O) groups is 1. The maximum absolute atomic E-state index is 13.5. The van der Waals surface area contributed by atoms with Gasteiger partial charge in [-0.2, -0.15) is 0 Å². The summed E-state index contributed by atoms with van der Waals surface area (Å²) in [5, 5.41) is 3.79. The second-order valence-electron chi connectivity index (χ2n) is 7.79. The number of nitrogens with one attached hydrogen (secondary N) is 1. The minimum atomic E-state index is -0.549. The van der Waals surface area contributed by atoms with Gasteiger partial charge in [-0.05, 0) is 61.6 Å². The molecule has 0 atom stereocenters. The summed E-state index contributed by atoms with van der Waals surface area (Å²) in [5.41, 5.74) is 1.14. The van der Waals surface area contributed by atoms with Gasteiger partial charge in [0.15, 0.2) is 0 Å². The number of nitrogens with zero attached hydrogens (tertiary/aromatic N) is 2. The molecule has 0 bridgehead atoms. The molecule has 0 saturated heterocycles. The topological polar surface area (TPSA) is 73.1 Å². The van der Waals surface area contributed by atoms with Crippen LogP contribution in [0.1, 0.15) is 23.3 Å². The third kappa shape index (κ3) is 3.67. The summed E-state index contributed by atoms with van der Waals surface area (Å²) in [6, 6.07) is 15.7. The van der Waals surface area contributed by atoms with Crippen molar-refractivity contribution in [2.45, 2.75) is 32.2 Å². The Morgan fingerprint density at radius 3 is 2.59 bits per heavy atom. The first-order valence-corrected chi connectivity index (χ1v) is 11.6. The summed E-state index contributed by atoms with van der Waals surface area (Å²) in [4.78, 5) is 41.6. The highest BCUT2D eigenvalue weighted by Crippen LogP contribution is 2.34. The van der Waals surface area contributed by atoms with Crippen LogP contribution in [0.3, 0.4) is 0 Å². The number of hydrogen-bond donors (Lipinski definition) is 1. The maximum Gasteiger partial charge on any atom is 0.337 e. The summed E-state index contributed by atoms with van der Waals surface area (Å²) in [6.07, 6.45) is 3.74. The van der Waals surface area contributed by atoms with Gasteiger partial charge in [0.05, 0.1) is 11.1 Å². The molecule has 4 aromatic rings. The number of aryl methyl sites for hydroxylation is 2. The number of halogens is 1. The first kappa shape index (κ1) is 20.7. The van der Waals surface area contributed by atoms with E-state index in [0.717, 1.165) is 40.7 Å². The summed E-state index contributed by atoms with van der Waals surface area (Å²) in [6.45, 7) is -0.190. The third-order valence-electron chi connectivity index (χ3n) is 5.66. The van der Waals surface area contributed by atoms with Crippen molar-refractivity contribution in [1.82, 2.24) is 9.13 Å². The average Bonchev–Trinajstić information content (AvgIpc) is 3.17. The minimum absolute atomic E-state index is 0.190. The molecule has 2 aromatic heterocycles. The van der Waals surface area contributed by atoms with Gasteiger partial charge in [-0.1, -0.05) is 35.9 Å². The van der Waals surface area contributed by atoms with Crippen LogP contribution >= 0.6 is 22.9 Å². The van der Waals surface area contributed by atoms with Crippen molar-refractivity contribution in [3.8, 4) is 5.69 Å². The molecule has 1 N–H and O–H groups in total. The van der Waals surface area contributed by atoms with Crippen LogP contribution in [0.5, 0.6) is 0 Å². The van der Waals surface area contributed by atoms with Gasteiger partial charge in [0.25, 0.3) is 5.56 Å². The van der Waals surface area contributed by atoms with E-state index in [0.29, 0.717) is 26.6 Å². The van der Waals surface area contributed by atoms with E-state index < -0.39 is 5.69 Å². The van der Waals surface area contributed by atoms with E-state index in [2.05, 4.69) is 5.32 Å². The molecular formula is C24H20ClN3O3S. The fourth-order valence-electron chi connectivity index (χ4n) is 4.22. The largest absolute Gasteiger partial charge is 0.337 e. The van der Waals surface area contributed by atoms with E-state index in [1.165, 1.54) is 15.9 Å². The van der Waals surface area contributed by atoms with Gasteiger partial charge in [-0.3, -0.25) is 14.2 Å². The molecule has 6 nitrogen and oxygen atoms in total. The van der Waals surface area contributed by atoms with Crippen LogP contribution in [0.25, 0.3) is 15.9 Å². The lowest BCUT2D eigenvalue weighted by molar-refractivity contribution is -0.116. The number of aromatic nitrogens is 2. The Kier molecular flexibility index (Phi) is 5.45. The van der Waals surface area contributed by atoms with Crippen molar-refractivity contribution < 1.29 is 4.79 Å². The molecule has 162 valence electrons. The van der Waals surface area contributed by atoms with Crippen LogP contribution in [0.2, 0.25) is 5.02 Å². The minimum Gasteiger partial charge on any atom is -0.325 e. The molecule has 8 heteroatoms. The predicted octanol–water partition coefficient (Wildman–Crippen LogP) is 4.38. The van der Waals surface area contributed by atoms with Crippen LogP contribution < -0.4 is 16.6 Å². The first-order valence-electron chi connectivity index (χ1n) is 10.4. The number of benzene rings is 2. The standard InChI is InChI=1S/C24H20ClN3O3S/c25-15-7-6-10-17(13-15)28-22(30)21-18-11-4-5-12-19(18)32-23(21)27(24(28)31)14-20(29)26-16-8-2-1-3-9-16/h1-3,6-10,13H,4-5,11-12,14H2,(H,26,29). The summed E-state index contributed by atoms with van der Waals surface area (Å²) >= 11 is 7.59. The fourth-order valence-corrected chi connectivity index (χ4v) is 5.77. The highest BCUT2D eigenvalue weighted by atomic mass is 35.5. The second-order valence-corrected chi connectivity index (χ2v) is 9.31. The molecule has 5 rings (SSSR count). The van der Waals surface area contributed by atoms with E-state index >= 15 is 0 Å². The van der Waals surface area contributed by atoms with Gasteiger partial charge in [-0.25, -0.2) is 9.36 Å². The Morgan fingerprint density at radius 1 is 1.03 bits per heavy atom. The van der Waals surface area contributed by atoms with Gasteiger partial charge >= 0.3 is 5.69 Å². The Balaban J connectivity index is 1.70. The molecule has 2 heterocycles. The van der Waals surface area contributed by atoms with Crippen LogP contribution in [0, 0.1) is 0 Å². The Morgan fingerprint density at radius 2 is 1.81 bits per heavy atom. The zero-order valence-electron chi connectivity index (χ0n) is 17.1. The van der Waals surface area contributed by atoms with E-state index in [1.807, 2.05) is 18.2 Å². The lowest BCUT2D eigenvalue weighted by Gasteiger charge is -2.14. The zero-order chi connectivity index (χ0) is 22.2. The van der Waals surface area contributed by atoms with E-state index in [-0.39, 0.29) is 18.0 Å². The van der Waals surface area contributed by atoms with Gasteiger partial charge in [-0.15, -0.1) is 11.3 Å². The Labute approximate surface area is 192 Å². The van der Waals surface area contributed by atoms with Crippen LogP contribution in [-0.2, 0) is 24.2 Å². The summed E-state index contributed by atoms with van der Waals surface area (Å²) < 4.78 is 2.55. The third-order valence-corrected chi connectivity index (χ3v) is 7.21. The second kappa shape index (κ2) is 8.41. The van der Waals surface area contributed by atoms with E-state index in [4.69, 9.17) is 11.6 Å². The number of hydrogen-bond acceptors (Lipinski definition) is 4. The molecule has 1 amide bonds. The van der Waals surface area contributed by atoms with E-state index in [9.17, 15) is 14.4 Å². The molecule has 32 heavy (non-hydrogen) atoms. The Hall–Kier alpha value is -3.16. The highest BCUT2D eigenvalue weighted by molar-refractivity contribution is 7.18. The molecule has 0 spiro atoms. The number of amides is 1. The Bertz CT molecular complexity index is 1450. The number of para-hydroxylation sites is 1. The van der Waals surface area contributed by atoms with Crippen molar-refractivity contribution >= 4 is 44.7 Å². The number of rotatable bonds is 4. The summed E-state index contributed by atoms with van der Waals surface area (Å²) in [7, 11) is 0. The normalized spacial score (nSPS) is 13.2. The van der Waals surface area contributed by atoms with Crippen molar-refractivity contribution in [2.24, 2.45) is 0 Å². The number of thiophene rings is 1. The smallest absolute Gasteiger partial charge is 0.325 e. The monoisotopic (exact) mass is 465 g/mol. The average molecular weight is 466 g/mol. The van der Waals surface area contributed by atoms with Crippen LogP contribution in [-0.4, -0.2) is 15.0 Å². The van der Waals surface area contributed by atoms with Gasteiger partial charge < -0.3 is 5.32 Å². The van der Waals surface area contributed by atoms with Gasteiger partial charge in [0.2, 0.25) is 5.91 Å². The molecule has 2 aromatic carbocycles. The molecule has 0 unspecified atom stereocenters. The zero-order valence-corrected chi connectivity index (χ0v) is 18.7. The highest BCUT2D eigenvalue weighted by Gasteiger charge is 2.25. The van der Waals surface area contributed by atoms with Crippen LogP contribution in [0.4, 0.5) is 5.69 Å². The number of fused-ring (bicyclic) bond motifs is 3. The molecule has 0 saturated carbocycles. The summed E-state index contributed by atoms with van der Waals surface area (Å²) in [5.74, 6) is -0.331. The maximum atomic E-state index is 13.5. The van der Waals surface area contributed by atoms with Crippen molar-refractivity contribution in [3.05, 3.63) is 90.9 Å². The first-order chi connectivity index (χ1) is 15.5.